The molecule has 154 valence electrons. The van der Waals surface area contributed by atoms with Crippen molar-refractivity contribution in [1.29, 1.82) is 0 Å². The molecule has 3 heteroatoms. The number of hydrogen-bond acceptors (Lipinski definition) is 3. The highest BCUT2D eigenvalue weighted by Crippen LogP contribution is 2.22. The van der Waals surface area contributed by atoms with Gasteiger partial charge in [-0.3, -0.25) is 4.79 Å². The molecule has 0 aliphatic carbocycles. The summed E-state index contributed by atoms with van der Waals surface area (Å²) in [6, 6.07) is 4.68. The van der Waals surface area contributed by atoms with Crippen molar-refractivity contribution in [1.82, 2.24) is 0 Å². The summed E-state index contributed by atoms with van der Waals surface area (Å²) in [6.07, 6.45) is 20.2. The van der Waals surface area contributed by atoms with Crippen molar-refractivity contribution >= 4 is 11.5 Å². The van der Waals surface area contributed by atoms with Crippen molar-refractivity contribution in [3.8, 4) is 5.75 Å². The van der Waals surface area contributed by atoms with Crippen molar-refractivity contribution in [2.45, 2.75) is 110 Å². The molecule has 0 unspecified atom stereocenters. The SMILES string of the molecule is CCCCCCCCCCCCCCCCCC(=O)c1cc(N)ccc1O. The lowest BCUT2D eigenvalue weighted by Crippen LogP contribution is -2.00. The number of phenols is 1. The fraction of sp³-hybridized carbons (Fsp3) is 0.708. The van der Waals surface area contributed by atoms with Gasteiger partial charge in [0.15, 0.2) is 5.78 Å². The number of benzene rings is 1. The van der Waals surface area contributed by atoms with Gasteiger partial charge >= 0.3 is 0 Å². The topological polar surface area (TPSA) is 63.3 Å². The maximum absolute atomic E-state index is 12.1. The van der Waals surface area contributed by atoms with E-state index >= 15 is 0 Å². The van der Waals surface area contributed by atoms with E-state index in [-0.39, 0.29) is 11.5 Å². The first-order valence-electron chi connectivity index (χ1n) is 11.3. The molecule has 0 heterocycles. The second-order valence-corrected chi connectivity index (χ2v) is 7.90. The number of ketones is 1. The van der Waals surface area contributed by atoms with E-state index in [0.717, 1.165) is 12.8 Å². The highest BCUT2D eigenvalue weighted by Gasteiger charge is 2.10. The molecule has 27 heavy (non-hydrogen) atoms. The molecule has 0 saturated heterocycles. The zero-order chi connectivity index (χ0) is 19.7. The Morgan fingerprint density at radius 3 is 1.70 bits per heavy atom. The number of nitrogen functional groups attached to an aromatic ring is 1. The number of anilines is 1. The maximum atomic E-state index is 12.1. The van der Waals surface area contributed by atoms with Gasteiger partial charge in [0.05, 0.1) is 5.56 Å². The number of hydrogen-bond donors (Lipinski definition) is 2. The first kappa shape index (κ1) is 23.5. The van der Waals surface area contributed by atoms with Crippen LogP contribution in [0.2, 0.25) is 0 Å². The van der Waals surface area contributed by atoms with Gasteiger partial charge in [0, 0.05) is 12.1 Å². The molecule has 1 aromatic carbocycles. The molecular formula is C24H41NO2. The zero-order valence-corrected chi connectivity index (χ0v) is 17.5. The molecule has 0 radical (unpaired) electrons. The van der Waals surface area contributed by atoms with E-state index in [2.05, 4.69) is 6.92 Å². The molecule has 3 N–H and O–H groups in total. The molecule has 0 aliphatic heterocycles. The van der Waals surface area contributed by atoms with Crippen LogP contribution in [0, 0.1) is 0 Å². The molecule has 1 rings (SSSR count). The molecule has 0 fully saturated rings. The number of Topliss-reactive ketones (excluding diaryl/α,β-unsaturated/α-hetero) is 1. The van der Waals surface area contributed by atoms with E-state index in [9.17, 15) is 9.90 Å². The number of carbonyl (C=O) groups is 1. The zero-order valence-electron chi connectivity index (χ0n) is 17.5. The van der Waals surface area contributed by atoms with Gasteiger partial charge < -0.3 is 10.8 Å². The fourth-order valence-corrected chi connectivity index (χ4v) is 3.57. The minimum absolute atomic E-state index is 0.00510. The van der Waals surface area contributed by atoms with Crippen LogP contribution in [0.4, 0.5) is 5.69 Å². The second kappa shape index (κ2) is 15.5. The molecule has 1 aromatic rings. The van der Waals surface area contributed by atoms with Gasteiger partial charge in [-0.1, -0.05) is 96.8 Å². The number of phenolic OH excluding ortho intramolecular Hbond substituents is 1. The third-order valence-electron chi connectivity index (χ3n) is 5.33. The Bertz CT molecular complexity index is 513. The van der Waals surface area contributed by atoms with Crippen LogP contribution in [0.5, 0.6) is 5.75 Å². The van der Waals surface area contributed by atoms with E-state index in [4.69, 9.17) is 5.73 Å². The van der Waals surface area contributed by atoms with Crippen LogP contribution in [0.3, 0.4) is 0 Å². The van der Waals surface area contributed by atoms with Crippen LogP contribution < -0.4 is 5.73 Å². The summed E-state index contributed by atoms with van der Waals surface area (Å²) >= 11 is 0. The summed E-state index contributed by atoms with van der Waals surface area (Å²) in [5, 5.41) is 9.75. The van der Waals surface area contributed by atoms with Crippen LogP contribution in [0.1, 0.15) is 120 Å². The Morgan fingerprint density at radius 1 is 0.778 bits per heavy atom. The van der Waals surface area contributed by atoms with Crippen LogP contribution in [0.25, 0.3) is 0 Å². The molecule has 0 aliphatic rings. The number of unbranched alkanes of at least 4 members (excludes halogenated alkanes) is 14. The third kappa shape index (κ3) is 11.7. The summed E-state index contributed by atoms with van der Waals surface area (Å²) in [5.41, 5.74) is 6.57. The van der Waals surface area contributed by atoms with E-state index in [0.29, 0.717) is 17.7 Å². The average Bonchev–Trinajstić information content (AvgIpc) is 2.66. The largest absolute Gasteiger partial charge is 0.507 e. The predicted octanol–water partition coefficient (Wildman–Crippen LogP) is 7.42. The summed E-state index contributed by atoms with van der Waals surface area (Å²) < 4.78 is 0. The molecule has 3 nitrogen and oxygen atoms in total. The monoisotopic (exact) mass is 375 g/mol. The standard InChI is InChI=1S/C24H41NO2/c1-2-3-4-5-6-7-8-9-10-11-12-13-14-15-16-17-23(26)22-20-21(25)18-19-24(22)27/h18-20,27H,2-17,25H2,1H3. The molecule has 0 saturated carbocycles. The van der Waals surface area contributed by atoms with Crippen molar-refractivity contribution in [3.05, 3.63) is 23.8 Å². The third-order valence-corrected chi connectivity index (χ3v) is 5.33. The minimum Gasteiger partial charge on any atom is -0.507 e. The molecular weight excluding hydrogens is 334 g/mol. The molecule has 0 spiro atoms. The van der Waals surface area contributed by atoms with Gasteiger partial charge in [-0.05, 0) is 24.6 Å². The first-order valence-corrected chi connectivity index (χ1v) is 11.3. The Hall–Kier alpha value is -1.51. The highest BCUT2D eigenvalue weighted by atomic mass is 16.3. The van der Waals surface area contributed by atoms with Gasteiger partial charge in [-0.2, -0.15) is 0 Å². The minimum atomic E-state index is -0.00510. The smallest absolute Gasteiger partial charge is 0.166 e. The summed E-state index contributed by atoms with van der Waals surface area (Å²) in [4.78, 5) is 12.1. The highest BCUT2D eigenvalue weighted by molar-refractivity contribution is 5.99. The van der Waals surface area contributed by atoms with E-state index in [1.165, 1.54) is 89.5 Å². The average molecular weight is 376 g/mol. The van der Waals surface area contributed by atoms with Crippen molar-refractivity contribution in [2.75, 3.05) is 5.73 Å². The Balaban J connectivity index is 1.89. The molecule has 0 bridgehead atoms. The fourth-order valence-electron chi connectivity index (χ4n) is 3.57. The quantitative estimate of drug-likeness (QED) is 0.129. The van der Waals surface area contributed by atoms with E-state index in [1.807, 2.05) is 0 Å². The van der Waals surface area contributed by atoms with Crippen LogP contribution >= 0.6 is 0 Å². The van der Waals surface area contributed by atoms with Gasteiger partial charge in [0.25, 0.3) is 0 Å². The van der Waals surface area contributed by atoms with Crippen molar-refractivity contribution < 1.29 is 9.90 Å². The number of nitrogens with two attached hydrogens (primary N) is 1. The van der Waals surface area contributed by atoms with E-state index < -0.39 is 0 Å². The number of rotatable bonds is 17. The van der Waals surface area contributed by atoms with Crippen molar-refractivity contribution in [2.24, 2.45) is 0 Å². The molecule has 0 aromatic heterocycles. The normalized spacial score (nSPS) is 11.0. The lowest BCUT2D eigenvalue weighted by atomic mass is 10.0. The summed E-state index contributed by atoms with van der Waals surface area (Å²) in [5.74, 6) is 0.0321. The van der Waals surface area contributed by atoms with Crippen molar-refractivity contribution in [3.63, 3.8) is 0 Å². The number of carbonyl (C=O) groups excluding carboxylic acids is 1. The predicted molar refractivity (Wildman–Crippen MR) is 116 cm³/mol. The molecule has 0 atom stereocenters. The Labute approximate surface area is 166 Å². The van der Waals surface area contributed by atoms with Gasteiger partial charge in [-0.15, -0.1) is 0 Å². The van der Waals surface area contributed by atoms with Gasteiger partial charge in [0.2, 0.25) is 0 Å². The summed E-state index contributed by atoms with van der Waals surface area (Å²) in [6.45, 7) is 2.27. The Morgan fingerprint density at radius 2 is 1.22 bits per heavy atom. The molecule has 0 amide bonds. The van der Waals surface area contributed by atoms with Gasteiger partial charge in [-0.25, -0.2) is 0 Å². The summed E-state index contributed by atoms with van der Waals surface area (Å²) in [7, 11) is 0. The van der Waals surface area contributed by atoms with E-state index in [1.54, 1.807) is 12.1 Å². The number of aromatic hydroxyl groups is 1. The van der Waals surface area contributed by atoms with Crippen LogP contribution in [0.15, 0.2) is 18.2 Å². The first-order chi connectivity index (χ1) is 13.1. The second-order valence-electron chi connectivity index (χ2n) is 7.90. The maximum Gasteiger partial charge on any atom is 0.166 e. The van der Waals surface area contributed by atoms with Gasteiger partial charge in [0.1, 0.15) is 5.75 Å². The van der Waals surface area contributed by atoms with Crippen LogP contribution in [-0.4, -0.2) is 10.9 Å². The lowest BCUT2D eigenvalue weighted by molar-refractivity contribution is 0.0976. The Kier molecular flexibility index (Phi) is 13.5. The lowest BCUT2D eigenvalue weighted by Gasteiger charge is -2.05. The van der Waals surface area contributed by atoms with Crippen LogP contribution in [-0.2, 0) is 0 Å².